The van der Waals surface area contributed by atoms with Gasteiger partial charge in [0.05, 0.1) is 19.8 Å². The van der Waals surface area contributed by atoms with Crippen LogP contribution in [0.2, 0.25) is 0 Å². The van der Waals surface area contributed by atoms with Gasteiger partial charge < -0.3 is 15.4 Å². The minimum atomic E-state index is 0. The Balaban J connectivity index is 0.00000144. The van der Waals surface area contributed by atoms with Crippen molar-refractivity contribution >= 4 is 41.3 Å². The molecule has 0 aromatic carbocycles. The maximum absolute atomic E-state index is 5.94. The fourth-order valence-corrected chi connectivity index (χ4v) is 2.44. The predicted octanol–water partition coefficient (Wildman–Crippen LogP) is 1.82. The fraction of sp³-hybridized carbons (Fsp3) is 0.545. The molecule has 0 atom stereocenters. The van der Waals surface area contributed by atoms with E-state index < -0.39 is 0 Å². The second-order valence-electron chi connectivity index (χ2n) is 3.80. The quantitative estimate of drug-likeness (QED) is 0.493. The molecule has 1 aromatic rings. The minimum Gasteiger partial charge on any atom is -0.378 e. The van der Waals surface area contributed by atoms with Gasteiger partial charge in [-0.2, -0.15) is 0 Å². The van der Waals surface area contributed by atoms with Crippen LogP contribution in [0.25, 0.3) is 0 Å². The summed E-state index contributed by atoms with van der Waals surface area (Å²) in [5.41, 5.74) is 7.24. The molecule has 1 fully saturated rings. The third-order valence-electron chi connectivity index (χ3n) is 2.69. The Morgan fingerprint density at radius 3 is 2.82 bits per heavy atom. The maximum Gasteiger partial charge on any atom is 0.191 e. The highest BCUT2D eigenvalue weighted by molar-refractivity contribution is 14.0. The van der Waals surface area contributed by atoms with Crippen molar-refractivity contribution in [2.45, 2.75) is 13.5 Å². The molecule has 2 N–H and O–H groups in total. The molecule has 17 heavy (non-hydrogen) atoms. The zero-order valence-corrected chi connectivity index (χ0v) is 13.0. The van der Waals surface area contributed by atoms with Gasteiger partial charge in [-0.25, -0.2) is 4.99 Å². The van der Waals surface area contributed by atoms with E-state index in [1.165, 1.54) is 10.4 Å². The molecule has 0 amide bonds. The molecule has 1 aliphatic rings. The third kappa shape index (κ3) is 4.11. The number of thiophene rings is 1. The fourth-order valence-electron chi connectivity index (χ4n) is 1.61. The summed E-state index contributed by atoms with van der Waals surface area (Å²) >= 11 is 1.73. The molecule has 1 aromatic heterocycles. The monoisotopic (exact) mass is 367 g/mol. The first-order valence-corrected chi connectivity index (χ1v) is 6.31. The first-order chi connectivity index (χ1) is 7.77. The van der Waals surface area contributed by atoms with E-state index in [0.29, 0.717) is 12.5 Å². The molecule has 0 saturated carbocycles. The number of nitrogens with zero attached hydrogens (tertiary/aromatic N) is 2. The first kappa shape index (κ1) is 14.7. The van der Waals surface area contributed by atoms with Crippen LogP contribution in [-0.4, -0.2) is 37.2 Å². The van der Waals surface area contributed by atoms with Crippen molar-refractivity contribution in [2.24, 2.45) is 10.7 Å². The first-order valence-electron chi connectivity index (χ1n) is 5.43. The lowest BCUT2D eigenvalue weighted by atomic mass is 10.3. The Bertz CT molecular complexity index is 375. The standard InChI is InChI=1S/C11H17N3OS.HI/c1-9-2-7-16-10(9)8-13-11(12)14-3-5-15-6-4-14;/h2,7H,3-6,8H2,1H3,(H2,12,13);1H. The molecule has 4 nitrogen and oxygen atoms in total. The van der Waals surface area contributed by atoms with Gasteiger partial charge in [-0.1, -0.05) is 0 Å². The van der Waals surface area contributed by atoms with Crippen LogP contribution in [0, 0.1) is 6.92 Å². The zero-order valence-electron chi connectivity index (χ0n) is 9.89. The Labute approximate surface area is 123 Å². The summed E-state index contributed by atoms with van der Waals surface area (Å²) in [7, 11) is 0. The summed E-state index contributed by atoms with van der Waals surface area (Å²) in [6.07, 6.45) is 0. The summed E-state index contributed by atoms with van der Waals surface area (Å²) in [5, 5.41) is 2.09. The third-order valence-corrected chi connectivity index (χ3v) is 3.70. The number of halogens is 1. The largest absolute Gasteiger partial charge is 0.378 e. The van der Waals surface area contributed by atoms with Gasteiger partial charge >= 0.3 is 0 Å². The van der Waals surface area contributed by atoms with E-state index in [1.54, 1.807) is 11.3 Å². The van der Waals surface area contributed by atoms with E-state index in [0.717, 1.165) is 26.3 Å². The molecule has 1 aliphatic heterocycles. The van der Waals surface area contributed by atoms with Crippen molar-refractivity contribution in [1.82, 2.24) is 4.90 Å². The van der Waals surface area contributed by atoms with Gasteiger partial charge in [0.15, 0.2) is 5.96 Å². The van der Waals surface area contributed by atoms with Gasteiger partial charge in [0.1, 0.15) is 0 Å². The second kappa shape index (κ2) is 7.17. The molecular weight excluding hydrogens is 349 g/mol. The lowest BCUT2D eigenvalue weighted by Crippen LogP contribution is -2.44. The van der Waals surface area contributed by atoms with Crippen LogP contribution in [0.5, 0.6) is 0 Å². The van der Waals surface area contributed by atoms with Crippen LogP contribution in [0.1, 0.15) is 10.4 Å². The van der Waals surface area contributed by atoms with E-state index in [9.17, 15) is 0 Å². The molecule has 0 unspecified atom stereocenters. The molecule has 2 heterocycles. The van der Waals surface area contributed by atoms with E-state index in [1.807, 2.05) is 0 Å². The van der Waals surface area contributed by atoms with Crippen LogP contribution in [0.4, 0.5) is 0 Å². The van der Waals surface area contributed by atoms with Crippen LogP contribution < -0.4 is 5.73 Å². The predicted molar refractivity (Wildman–Crippen MR) is 82.2 cm³/mol. The van der Waals surface area contributed by atoms with Gasteiger partial charge in [0.2, 0.25) is 0 Å². The average molecular weight is 367 g/mol. The van der Waals surface area contributed by atoms with Crippen LogP contribution in [0.3, 0.4) is 0 Å². The lowest BCUT2D eigenvalue weighted by molar-refractivity contribution is 0.0674. The smallest absolute Gasteiger partial charge is 0.191 e. The molecule has 6 heteroatoms. The summed E-state index contributed by atoms with van der Waals surface area (Å²) < 4.78 is 5.27. The van der Waals surface area contributed by atoms with Crippen LogP contribution in [-0.2, 0) is 11.3 Å². The zero-order chi connectivity index (χ0) is 11.4. The van der Waals surface area contributed by atoms with Gasteiger partial charge in [-0.3, -0.25) is 0 Å². The maximum atomic E-state index is 5.94. The van der Waals surface area contributed by atoms with Gasteiger partial charge in [0.25, 0.3) is 0 Å². The van der Waals surface area contributed by atoms with E-state index in [2.05, 4.69) is 28.3 Å². The number of hydrogen-bond acceptors (Lipinski definition) is 3. The average Bonchev–Trinajstić information content (AvgIpc) is 2.73. The van der Waals surface area contributed by atoms with Crippen molar-refractivity contribution < 1.29 is 4.74 Å². The highest BCUT2D eigenvalue weighted by atomic mass is 127. The normalized spacial score (nSPS) is 16.8. The van der Waals surface area contributed by atoms with Crippen LogP contribution in [0.15, 0.2) is 16.4 Å². The number of nitrogens with two attached hydrogens (primary N) is 1. The summed E-state index contributed by atoms with van der Waals surface area (Å²) in [6.45, 7) is 5.97. The Morgan fingerprint density at radius 2 is 2.24 bits per heavy atom. The van der Waals surface area contributed by atoms with Gasteiger partial charge in [0, 0.05) is 18.0 Å². The topological polar surface area (TPSA) is 50.8 Å². The van der Waals surface area contributed by atoms with Crippen molar-refractivity contribution in [3.05, 3.63) is 21.9 Å². The van der Waals surface area contributed by atoms with Crippen molar-refractivity contribution in [3.8, 4) is 0 Å². The van der Waals surface area contributed by atoms with Crippen molar-refractivity contribution in [3.63, 3.8) is 0 Å². The molecule has 0 radical (unpaired) electrons. The SMILES string of the molecule is Cc1ccsc1CN=C(N)N1CCOCC1.I. The number of rotatable bonds is 2. The Morgan fingerprint density at radius 1 is 1.53 bits per heavy atom. The minimum absolute atomic E-state index is 0. The van der Waals surface area contributed by atoms with E-state index in [-0.39, 0.29) is 24.0 Å². The number of ether oxygens (including phenoxy) is 1. The highest BCUT2D eigenvalue weighted by Gasteiger charge is 2.12. The summed E-state index contributed by atoms with van der Waals surface area (Å²) in [4.78, 5) is 7.79. The molecule has 0 aliphatic carbocycles. The lowest BCUT2D eigenvalue weighted by Gasteiger charge is -2.27. The Kier molecular flexibility index (Phi) is 6.21. The Hall–Kier alpha value is -0.340. The van der Waals surface area contributed by atoms with Crippen LogP contribution >= 0.6 is 35.3 Å². The van der Waals surface area contributed by atoms with E-state index >= 15 is 0 Å². The molecular formula is C11H18IN3OS. The molecule has 1 saturated heterocycles. The number of morpholine rings is 1. The van der Waals surface area contributed by atoms with Crippen molar-refractivity contribution in [2.75, 3.05) is 26.3 Å². The molecule has 0 bridgehead atoms. The summed E-state index contributed by atoms with van der Waals surface area (Å²) in [6, 6.07) is 2.11. The number of aliphatic imine (C=N–C) groups is 1. The second-order valence-corrected chi connectivity index (χ2v) is 4.80. The molecule has 2 rings (SSSR count). The molecule has 96 valence electrons. The van der Waals surface area contributed by atoms with E-state index in [4.69, 9.17) is 10.5 Å². The van der Waals surface area contributed by atoms with Gasteiger partial charge in [-0.15, -0.1) is 35.3 Å². The molecule has 0 spiro atoms. The van der Waals surface area contributed by atoms with Gasteiger partial charge in [-0.05, 0) is 23.9 Å². The summed E-state index contributed by atoms with van der Waals surface area (Å²) in [5.74, 6) is 0.635. The highest BCUT2D eigenvalue weighted by Crippen LogP contribution is 2.16. The van der Waals surface area contributed by atoms with Crippen molar-refractivity contribution in [1.29, 1.82) is 0 Å². The number of aryl methyl sites for hydroxylation is 1. The number of guanidine groups is 1. The number of hydrogen-bond donors (Lipinski definition) is 1.